The summed E-state index contributed by atoms with van der Waals surface area (Å²) in [5.74, 6) is 0.477. The van der Waals surface area contributed by atoms with Crippen LogP contribution in [0.1, 0.15) is 61.3 Å². The van der Waals surface area contributed by atoms with Crippen LogP contribution in [0.25, 0.3) is 0 Å². The van der Waals surface area contributed by atoms with Crippen molar-refractivity contribution in [3.8, 4) is 0 Å². The minimum absolute atomic E-state index is 0.156. The zero-order valence-electron chi connectivity index (χ0n) is 11.8. The van der Waals surface area contributed by atoms with Crippen LogP contribution in [0.15, 0.2) is 0 Å². The molecule has 1 aromatic heterocycles. The molecule has 1 aliphatic carbocycles. The first-order valence-corrected chi connectivity index (χ1v) is 7.77. The highest BCUT2D eigenvalue weighted by Crippen LogP contribution is 2.37. The number of thiazole rings is 1. The maximum atomic E-state index is 5.86. The van der Waals surface area contributed by atoms with E-state index in [1.807, 2.05) is 18.4 Å². The van der Waals surface area contributed by atoms with Crippen molar-refractivity contribution >= 4 is 11.3 Å². The third-order valence-electron chi connectivity index (χ3n) is 3.51. The van der Waals surface area contributed by atoms with E-state index in [1.165, 1.54) is 34.8 Å². The van der Waals surface area contributed by atoms with Gasteiger partial charge in [-0.05, 0) is 39.2 Å². The zero-order valence-corrected chi connectivity index (χ0v) is 12.6. The summed E-state index contributed by atoms with van der Waals surface area (Å²) in [5, 5.41) is 4.54. The number of aryl methyl sites for hydroxylation is 1. The summed E-state index contributed by atoms with van der Waals surface area (Å²) in [4.78, 5) is 6.33. The second-order valence-electron chi connectivity index (χ2n) is 5.21. The van der Waals surface area contributed by atoms with E-state index in [4.69, 9.17) is 9.72 Å². The molecule has 2 atom stereocenters. The van der Waals surface area contributed by atoms with E-state index >= 15 is 0 Å². The Morgan fingerprint density at radius 2 is 2.28 bits per heavy atom. The Labute approximate surface area is 114 Å². The van der Waals surface area contributed by atoms with Gasteiger partial charge in [-0.15, -0.1) is 11.3 Å². The van der Waals surface area contributed by atoms with Crippen LogP contribution in [-0.2, 0) is 11.2 Å². The number of fused-ring (bicyclic) bond motifs is 1. The van der Waals surface area contributed by atoms with Gasteiger partial charge in [-0.25, -0.2) is 4.98 Å². The predicted octanol–water partition coefficient (Wildman–Crippen LogP) is 3.47. The maximum Gasteiger partial charge on any atom is 0.122 e. The van der Waals surface area contributed by atoms with Crippen LogP contribution in [0, 0.1) is 5.92 Å². The molecular weight excluding hydrogens is 244 g/mol. The normalized spacial score (nSPS) is 21.1. The molecule has 0 amide bonds. The summed E-state index contributed by atoms with van der Waals surface area (Å²) in [5.41, 5.74) is 1.27. The minimum Gasteiger partial charge on any atom is -0.371 e. The first kappa shape index (κ1) is 14.0. The summed E-state index contributed by atoms with van der Waals surface area (Å²) < 4.78 is 5.86. The lowest BCUT2D eigenvalue weighted by Gasteiger charge is -2.20. The maximum absolute atomic E-state index is 5.86. The van der Waals surface area contributed by atoms with Crippen molar-refractivity contribution in [2.75, 3.05) is 13.7 Å². The molecule has 1 aliphatic rings. The molecule has 0 aliphatic heterocycles. The zero-order chi connectivity index (χ0) is 13.1. The number of nitrogens with zero attached hydrogens (tertiary/aromatic N) is 1. The number of aromatic nitrogens is 1. The van der Waals surface area contributed by atoms with Crippen molar-refractivity contribution in [2.24, 2.45) is 5.92 Å². The number of hydrogen-bond acceptors (Lipinski definition) is 4. The van der Waals surface area contributed by atoms with Crippen molar-refractivity contribution < 1.29 is 4.74 Å². The second-order valence-corrected chi connectivity index (χ2v) is 6.33. The van der Waals surface area contributed by atoms with Gasteiger partial charge < -0.3 is 10.1 Å². The van der Waals surface area contributed by atoms with Gasteiger partial charge in [-0.3, -0.25) is 0 Å². The number of hydrogen-bond donors (Lipinski definition) is 1. The lowest BCUT2D eigenvalue weighted by atomic mass is 9.98. The van der Waals surface area contributed by atoms with E-state index in [-0.39, 0.29) is 6.10 Å². The molecule has 1 heterocycles. The summed E-state index contributed by atoms with van der Waals surface area (Å²) in [6.45, 7) is 7.22. The standard InChI is InChI=1S/C14H24N2OS/c1-5-17-13(9(2)3)14-16-12-10(15-4)7-6-8-11(12)18-14/h9-10,13,15H,5-8H2,1-4H3. The topological polar surface area (TPSA) is 34.1 Å². The highest BCUT2D eigenvalue weighted by Gasteiger charge is 2.27. The molecule has 0 fully saturated rings. The van der Waals surface area contributed by atoms with Crippen LogP contribution in [0.4, 0.5) is 0 Å². The molecule has 18 heavy (non-hydrogen) atoms. The molecule has 0 spiro atoms. The number of ether oxygens (including phenoxy) is 1. The third-order valence-corrected chi connectivity index (χ3v) is 4.71. The lowest BCUT2D eigenvalue weighted by Crippen LogP contribution is -2.21. The van der Waals surface area contributed by atoms with Crippen molar-refractivity contribution in [3.05, 3.63) is 15.6 Å². The van der Waals surface area contributed by atoms with E-state index in [0.29, 0.717) is 12.0 Å². The van der Waals surface area contributed by atoms with Gasteiger partial charge in [0.05, 0.1) is 11.7 Å². The fraction of sp³-hybridized carbons (Fsp3) is 0.786. The van der Waals surface area contributed by atoms with Crippen molar-refractivity contribution in [2.45, 2.75) is 52.2 Å². The van der Waals surface area contributed by atoms with Crippen LogP contribution in [-0.4, -0.2) is 18.6 Å². The molecule has 4 heteroatoms. The van der Waals surface area contributed by atoms with Crippen molar-refractivity contribution in [3.63, 3.8) is 0 Å². The molecule has 0 saturated heterocycles. The molecule has 2 rings (SSSR count). The Morgan fingerprint density at radius 3 is 2.89 bits per heavy atom. The van der Waals surface area contributed by atoms with Gasteiger partial charge in [-0.1, -0.05) is 13.8 Å². The van der Waals surface area contributed by atoms with E-state index in [9.17, 15) is 0 Å². The van der Waals surface area contributed by atoms with Gasteiger partial charge in [0.2, 0.25) is 0 Å². The monoisotopic (exact) mass is 268 g/mol. The van der Waals surface area contributed by atoms with Gasteiger partial charge in [0.15, 0.2) is 0 Å². The van der Waals surface area contributed by atoms with Crippen LogP contribution >= 0.6 is 11.3 Å². The fourth-order valence-corrected chi connectivity index (χ4v) is 3.96. The molecule has 0 saturated carbocycles. The third kappa shape index (κ3) is 2.76. The smallest absolute Gasteiger partial charge is 0.122 e. The largest absolute Gasteiger partial charge is 0.371 e. The average molecular weight is 268 g/mol. The molecule has 1 N–H and O–H groups in total. The molecular formula is C14H24N2OS. The van der Waals surface area contributed by atoms with Crippen LogP contribution in [0.3, 0.4) is 0 Å². The first-order chi connectivity index (χ1) is 8.67. The molecule has 0 bridgehead atoms. The molecule has 3 nitrogen and oxygen atoms in total. The quantitative estimate of drug-likeness (QED) is 0.888. The molecule has 102 valence electrons. The van der Waals surface area contributed by atoms with Crippen molar-refractivity contribution in [1.29, 1.82) is 0 Å². The van der Waals surface area contributed by atoms with E-state index in [2.05, 4.69) is 26.1 Å². The summed E-state index contributed by atoms with van der Waals surface area (Å²) in [6.07, 6.45) is 3.81. The Bertz CT molecular complexity index is 389. The second kappa shape index (κ2) is 6.13. The highest BCUT2D eigenvalue weighted by molar-refractivity contribution is 7.11. The first-order valence-electron chi connectivity index (χ1n) is 6.95. The molecule has 0 aromatic carbocycles. The highest BCUT2D eigenvalue weighted by atomic mass is 32.1. The van der Waals surface area contributed by atoms with Gasteiger partial charge in [-0.2, -0.15) is 0 Å². The summed E-state index contributed by atoms with van der Waals surface area (Å²) in [7, 11) is 2.03. The molecule has 2 unspecified atom stereocenters. The van der Waals surface area contributed by atoms with Gasteiger partial charge in [0.1, 0.15) is 11.1 Å². The SMILES string of the molecule is CCOC(c1nc2c(s1)CCCC2NC)C(C)C. The van der Waals surface area contributed by atoms with Gasteiger partial charge in [0, 0.05) is 11.5 Å². The summed E-state index contributed by atoms with van der Waals surface area (Å²) >= 11 is 1.85. The van der Waals surface area contributed by atoms with E-state index < -0.39 is 0 Å². The number of rotatable bonds is 5. The Hall–Kier alpha value is -0.450. The van der Waals surface area contributed by atoms with Gasteiger partial charge in [0.25, 0.3) is 0 Å². The van der Waals surface area contributed by atoms with E-state index in [0.717, 1.165) is 6.61 Å². The molecule has 1 aromatic rings. The van der Waals surface area contributed by atoms with Crippen LogP contribution in [0.5, 0.6) is 0 Å². The minimum atomic E-state index is 0.156. The Balaban J connectivity index is 2.27. The summed E-state index contributed by atoms with van der Waals surface area (Å²) in [6, 6.07) is 0.438. The predicted molar refractivity (Wildman–Crippen MR) is 76.1 cm³/mol. The van der Waals surface area contributed by atoms with Crippen LogP contribution in [0.2, 0.25) is 0 Å². The van der Waals surface area contributed by atoms with Crippen LogP contribution < -0.4 is 5.32 Å². The van der Waals surface area contributed by atoms with Gasteiger partial charge >= 0.3 is 0 Å². The Morgan fingerprint density at radius 1 is 1.50 bits per heavy atom. The average Bonchev–Trinajstić information content (AvgIpc) is 2.78. The van der Waals surface area contributed by atoms with E-state index in [1.54, 1.807) is 0 Å². The lowest BCUT2D eigenvalue weighted by molar-refractivity contribution is 0.0291. The number of nitrogens with one attached hydrogen (secondary N) is 1. The van der Waals surface area contributed by atoms with Crippen molar-refractivity contribution in [1.82, 2.24) is 10.3 Å². The molecule has 0 radical (unpaired) electrons. The fourth-order valence-electron chi connectivity index (χ4n) is 2.57. The Kier molecular flexibility index (Phi) is 4.76.